The van der Waals surface area contributed by atoms with E-state index >= 15 is 0 Å². The van der Waals surface area contributed by atoms with Gasteiger partial charge in [0.1, 0.15) is 42.7 Å². The van der Waals surface area contributed by atoms with Crippen molar-refractivity contribution in [2.24, 2.45) is 0 Å². The van der Waals surface area contributed by atoms with E-state index < -0.39 is 78.3 Å². The van der Waals surface area contributed by atoms with Crippen LogP contribution in [0, 0.1) is 0 Å². The third-order valence-corrected chi connectivity index (χ3v) is 8.58. The summed E-state index contributed by atoms with van der Waals surface area (Å²) in [5.41, 5.74) is -8.46. The van der Waals surface area contributed by atoms with Gasteiger partial charge in [0.15, 0.2) is 0 Å². The Morgan fingerprint density at radius 2 is 1.71 bits per heavy atom. The van der Waals surface area contributed by atoms with Crippen molar-refractivity contribution in [1.82, 2.24) is 20.5 Å². The fourth-order valence-corrected chi connectivity index (χ4v) is 5.50. The Morgan fingerprint density at radius 3 is 2.29 bits per heavy atom. The Balaban J connectivity index is 1.40. The zero-order chi connectivity index (χ0) is 34.6. The number of alkyl halides is 8. The lowest BCUT2D eigenvalue weighted by Gasteiger charge is -2.31. The number of amides is 1. The third-order valence-electron chi connectivity index (χ3n) is 8.58. The van der Waals surface area contributed by atoms with Crippen molar-refractivity contribution in [2.45, 2.75) is 42.1 Å². The van der Waals surface area contributed by atoms with Crippen LogP contribution >= 0.6 is 0 Å². The maximum atomic E-state index is 14.7. The Morgan fingerprint density at radius 1 is 1.02 bits per heavy atom. The summed E-state index contributed by atoms with van der Waals surface area (Å²) >= 11 is 0. The quantitative estimate of drug-likeness (QED) is 0.199. The molecule has 0 spiro atoms. The number of carbonyl (C=O) groups excluding carboxylic acids is 1. The highest BCUT2D eigenvalue weighted by Gasteiger charge is 2.57. The SMILES string of the molecule is COc1cc(C(=O)NC[C@](O)(c2cc3c(c(-c4ccc(C(F)(F)F)cc4)n2)OCC3(CF)CF)C(F)(F)F)cc2cc(C3CC3)nnc12. The van der Waals surface area contributed by atoms with Gasteiger partial charge in [0.05, 0.1) is 36.0 Å². The molecule has 1 fully saturated rings. The van der Waals surface area contributed by atoms with Gasteiger partial charge in [0.25, 0.3) is 5.91 Å². The maximum Gasteiger partial charge on any atom is 0.424 e. The number of rotatable bonds is 9. The van der Waals surface area contributed by atoms with Gasteiger partial charge < -0.3 is 19.9 Å². The van der Waals surface area contributed by atoms with Crippen molar-refractivity contribution in [2.75, 3.05) is 33.6 Å². The maximum absolute atomic E-state index is 14.7. The second-order valence-electron chi connectivity index (χ2n) is 11.8. The van der Waals surface area contributed by atoms with Gasteiger partial charge in [0, 0.05) is 28.0 Å². The molecule has 0 radical (unpaired) electrons. The molecule has 0 unspecified atom stereocenters. The monoisotopic (exact) mass is 682 g/mol. The summed E-state index contributed by atoms with van der Waals surface area (Å²) in [5, 5.41) is 22.1. The van der Waals surface area contributed by atoms with E-state index in [2.05, 4.69) is 20.5 Å². The van der Waals surface area contributed by atoms with Crippen LogP contribution in [0.2, 0.25) is 0 Å². The number of fused-ring (bicyclic) bond motifs is 2. The zero-order valence-corrected chi connectivity index (χ0v) is 25.0. The lowest BCUT2D eigenvalue weighted by Crippen LogP contribution is -2.51. The number of nitrogens with zero attached hydrogens (tertiary/aromatic N) is 3. The standard InChI is InChI=1S/C32H26F8N4O4/c1-47-23-10-19(8-18-9-22(16-2-3-16)43-44-25(18)23)28(45)41-14-30(46,32(38,39)40)24-11-21-27(48-15-29(21,12-33)13-34)26(42-24)17-4-6-20(7-5-17)31(35,36)37/h4-11,16,46H,2-3,12-15H2,1H3,(H,41,45)/t30-/m0/s1. The summed E-state index contributed by atoms with van der Waals surface area (Å²) in [6.45, 7) is -4.98. The number of nitrogens with one attached hydrogen (secondary N) is 1. The minimum absolute atomic E-state index is 0.119. The molecule has 0 bridgehead atoms. The largest absolute Gasteiger partial charge is 0.494 e. The van der Waals surface area contributed by atoms with Crippen LogP contribution in [0.15, 0.2) is 48.5 Å². The summed E-state index contributed by atoms with van der Waals surface area (Å²) in [6, 6.07) is 8.07. The number of carbonyl (C=O) groups is 1. The molecule has 8 nitrogen and oxygen atoms in total. The van der Waals surface area contributed by atoms with Crippen molar-refractivity contribution in [3.8, 4) is 22.8 Å². The number of pyridine rings is 1. The van der Waals surface area contributed by atoms with Crippen LogP contribution in [0.1, 0.15) is 51.6 Å². The molecule has 16 heteroatoms. The molecule has 2 aromatic carbocycles. The van der Waals surface area contributed by atoms with Crippen molar-refractivity contribution >= 4 is 16.8 Å². The summed E-state index contributed by atoms with van der Waals surface area (Å²) < 4.78 is 123. The van der Waals surface area contributed by atoms with E-state index in [4.69, 9.17) is 9.47 Å². The fraction of sp³-hybridized carbons (Fsp3) is 0.375. The van der Waals surface area contributed by atoms with Crippen LogP contribution in [0.3, 0.4) is 0 Å². The number of methoxy groups -OCH3 is 1. The smallest absolute Gasteiger partial charge is 0.424 e. The molecular formula is C32H26F8N4O4. The van der Waals surface area contributed by atoms with Gasteiger partial charge in [-0.05, 0) is 49.2 Å². The topological polar surface area (TPSA) is 106 Å². The molecule has 4 aromatic rings. The molecule has 254 valence electrons. The highest BCUT2D eigenvalue weighted by atomic mass is 19.4. The number of aromatic nitrogens is 3. The number of aliphatic hydroxyl groups is 1. The van der Waals surface area contributed by atoms with Crippen molar-refractivity contribution in [3.63, 3.8) is 0 Å². The number of hydrogen-bond acceptors (Lipinski definition) is 7. The first-order valence-corrected chi connectivity index (χ1v) is 14.5. The van der Waals surface area contributed by atoms with Gasteiger partial charge in [0.2, 0.25) is 5.60 Å². The van der Waals surface area contributed by atoms with E-state index in [0.29, 0.717) is 34.8 Å². The normalized spacial score (nSPS) is 17.0. The van der Waals surface area contributed by atoms with Crippen molar-refractivity contribution in [3.05, 3.63) is 76.6 Å². The Kier molecular flexibility index (Phi) is 8.20. The lowest BCUT2D eigenvalue weighted by molar-refractivity contribution is -0.265. The first-order chi connectivity index (χ1) is 22.6. The fourth-order valence-electron chi connectivity index (χ4n) is 5.50. The second kappa shape index (κ2) is 11.8. The van der Waals surface area contributed by atoms with Crippen LogP contribution in [-0.4, -0.2) is 66.0 Å². The number of benzene rings is 2. The van der Waals surface area contributed by atoms with E-state index in [1.165, 1.54) is 19.2 Å². The van der Waals surface area contributed by atoms with Crippen LogP contribution in [-0.2, 0) is 17.2 Å². The number of halogens is 8. The van der Waals surface area contributed by atoms with Crippen molar-refractivity contribution < 1.29 is 54.5 Å². The summed E-state index contributed by atoms with van der Waals surface area (Å²) in [4.78, 5) is 17.2. The van der Waals surface area contributed by atoms with Crippen molar-refractivity contribution in [1.29, 1.82) is 0 Å². The van der Waals surface area contributed by atoms with Crippen LogP contribution in [0.4, 0.5) is 35.1 Å². The Labute approximate surface area is 267 Å². The van der Waals surface area contributed by atoms with Gasteiger partial charge in [-0.3, -0.25) is 4.79 Å². The average molecular weight is 683 g/mol. The van der Waals surface area contributed by atoms with E-state index in [1.807, 2.05) is 0 Å². The molecule has 0 saturated heterocycles. The molecule has 2 aliphatic rings. The first kappa shape index (κ1) is 33.3. The molecule has 48 heavy (non-hydrogen) atoms. The molecule has 1 amide bonds. The molecule has 2 aromatic heterocycles. The van der Waals surface area contributed by atoms with Gasteiger partial charge in [-0.15, -0.1) is 5.10 Å². The molecule has 3 heterocycles. The number of hydrogen-bond donors (Lipinski definition) is 2. The predicted octanol–water partition coefficient (Wildman–Crippen LogP) is 6.35. The molecule has 1 atom stereocenters. The van der Waals surface area contributed by atoms with Gasteiger partial charge >= 0.3 is 12.4 Å². The summed E-state index contributed by atoms with van der Waals surface area (Å²) in [5.74, 6) is -1.07. The van der Waals surface area contributed by atoms with Crippen LogP contribution < -0.4 is 14.8 Å². The first-order valence-electron chi connectivity index (χ1n) is 14.5. The minimum Gasteiger partial charge on any atom is -0.494 e. The minimum atomic E-state index is -5.53. The molecule has 6 rings (SSSR count). The van der Waals surface area contributed by atoms with Crippen LogP contribution in [0.5, 0.6) is 11.5 Å². The number of ether oxygens (including phenoxy) is 2. The van der Waals surface area contributed by atoms with Gasteiger partial charge in [-0.25, -0.2) is 13.8 Å². The summed E-state index contributed by atoms with van der Waals surface area (Å²) in [7, 11) is 1.31. The Hall–Kier alpha value is -4.60. The molecule has 2 N–H and O–H groups in total. The second-order valence-corrected chi connectivity index (χ2v) is 11.8. The molecule has 1 aliphatic heterocycles. The van der Waals surface area contributed by atoms with Gasteiger partial charge in [-0.2, -0.15) is 31.4 Å². The molecule has 1 aliphatic carbocycles. The zero-order valence-electron chi connectivity index (χ0n) is 25.0. The van der Waals surface area contributed by atoms with E-state index in [1.54, 1.807) is 6.07 Å². The van der Waals surface area contributed by atoms with Crippen LogP contribution in [0.25, 0.3) is 22.2 Å². The lowest BCUT2D eigenvalue weighted by atomic mass is 9.82. The Bertz CT molecular complexity index is 1880. The molecule has 1 saturated carbocycles. The van der Waals surface area contributed by atoms with E-state index in [-0.39, 0.29) is 28.5 Å². The highest BCUT2D eigenvalue weighted by Crippen LogP contribution is 2.48. The average Bonchev–Trinajstić information content (AvgIpc) is 3.85. The molecular weight excluding hydrogens is 656 g/mol. The van der Waals surface area contributed by atoms with E-state index in [0.717, 1.165) is 25.0 Å². The summed E-state index contributed by atoms with van der Waals surface area (Å²) in [6.07, 6.45) is -8.44. The predicted molar refractivity (Wildman–Crippen MR) is 154 cm³/mol. The van der Waals surface area contributed by atoms with Gasteiger partial charge in [-0.1, -0.05) is 12.1 Å². The third kappa shape index (κ3) is 5.75. The highest BCUT2D eigenvalue weighted by molar-refractivity contribution is 6.00. The van der Waals surface area contributed by atoms with E-state index in [9.17, 15) is 45.0 Å².